The number of carboxylic acids is 1. The maximum absolute atomic E-state index is 10.3. The summed E-state index contributed by atoms with van der Waals surface area (Å²) in [5, 5.41) is 8.44. The molecule has 0 radical (unpaired) electrons. The molecule has 0 aliphatic heterocycles. The van der Waals surface area contributed by atoms with E-state index in [0.29, 0.717) is 12.4 Å². The Hall–Kier alpha value is -1.16. The van der Waals surface area contributed by atoms with Crippen LogP contribution >= 0.6 is 11.8 Å². The third-order valence-corrected chi connectivity index (χ3v) is 2.99. The van der Waals surface area contributed by atoms with Gasteiger partial charge >= 0.3 is 5.97 Å². The van der Waals surface area contributed by atoms with Gasteiger partial charge in [0, 0.05) is 11.5 Å². The zero-order valence-electron chi connectivity index (χ0n) is 9.31. The number of benzene rings is 1. The highest BCUT2D eigenvalue weighted by atomic mass is 32.2. The molecule has 0 unspecified atom stereocenters. The van der Waals surface area contributed by atoms with Crippen LogP contribution in [0.4, 0.5) is 0 Å². The van der Waals surface area contributed by atoms with Crippen LogP contribution in [0.15, 0.2) is 24.3 Å². The molecular weight excluding hydrogens is 224 g/mol. The number of hydrogen-bond donors (Lipinski definition) is 1. The van der Waals surface area contributed by atoms with Crippen molar-refractivity contribution >= 4 is 17.7 Å². The molecule has 1 aromatic rings. The number of aryl methyl sites for hydroxylation is 1. The predicted molar refractivity (Wildman–Crippen MR) is 66.3 cm³/mol. The second kappa shape index (κ2) is 7.17. The third kappa shape index (κ3) is 5.07. The minimum atomic E-state index is -0.743. The van der Waals surface area contributed by atoms with E-state index in [1.165, 1.54) is 0 Å². The van der Waals surface area contributed by atoms with Crippen molar-refractivity contribution in [1.82, 2.24) is 0 Å². The van der Waals surface area contributed by atoms with E-state index in [4.69, 9.17) is 9.84 Å². The second-order valence-electron chi connectivity index (χ2n) is 3.37. The van der Waals surface area contributed by atoms with Gasteiger partial charge < -0.3 is 9.84 Å². The molecule has 1 N–H and O–H groups in total. The highest BCUT2D eigenvalue weighted by molar-refractivity contribution is 7.99. The molecule has 4 heteroatoms. The van der Waals surface area contributed by atoms with Gasteiger partial charge in [0.15, 0.2) is 0 Å². The maximum Gasteiger partial charge on any atom is 0.304 e. The Bertz CT molecular complexity index is 339. The van der Waals surface area contributed by atoms with E-state index in [2.05, 4.69) is 0 Å². The summed E-state index contributed by atoms with van der Waals surface area (Å²) in [7, 11) is 0. The molecule has 0 fully saturated rings. The lowest BCUT2D eigenvalue weighted by molar-refractivity contribution is -0.136. The Morgan fingerprint density at radius 1 is 1.38 bits per heavy atom. The molecule has 3 nitrogen and oxygen atoms in total. The quantitative estimate of drug-likeness (QED) is 0.744. The smallest absolute Gasteiger partial charge is 0.304 e. The number of aliphatic carboxylic acids is 1. The lowest BCUT2D eigenvalue weighted by Crippen LogP contribution is -2.03. The van der Waals surface area contributed by atoms with Crippen molar-refractivity contribution in [3.63, 3.8) is 0 Å². The van der Waals surface area contributed by atoms with Gasteiger partial charge in [0.05, 0.1) is 13.0 Å². The summed E-state index contributed by atoms with van der Waals surface area (Å²) in [5.41, 5.74) is 1.12. The van der Waals surface area contributed by atoms with Crippen molar-refractivity contribution in [2.45, 2.75) is 13.3 Å². The van der Waals surface area contributed by atoms with Gasteiger partial charge in [-0.05, 0) is 18.6 Å². The first-order valence-electron chi connectivity index (χ1n) is 5.18. The number of ether oxygens (including phenoxy) is 1. The summed E-state index contributed by atoms with van der Waals surface area (Å²) < 4.78 is 5.58. The van der Waals surface area contributed by atoms with Crippen LogP contribution in [-0.4, -0.2) is 29.2 Å². The van der Waals surface area contributed by atoms with Crippen molar-refractivity contribution < 1.29 is 14.6 Å². The first kappa shape index (κ1) is 12.9. The fourth-order valence-corrected chi connectivity index (χ4v) is 1.91. The molecule has 0 heterocycles. The number of rotatable bonds is 7. The lowest BCUT2D eigenvalue weighted by Gasteiger charge is -2.07. The Labute approximate surface area is 99.8 Å². The maximum atomic E-state index is 10.3. The summed E-state index contributed by atoms with van der Waals surface area (Å²) >= 11 is 1.60. The van der Waals surface area contributed by atoms with Crippen LogP contribution in [0.25, 0.3) is 0 Å². The van der Waals surface area contributed by atoms with E-state index in [9.17, 15) is 4.79 Å². The van der Waals surface area contributed by atoms with E-state index in [1.807, 2.05) is 31.2 Å². The zero-order chi connectivity index (χ0) is 11.8. The summed E-state index contributed by atoms with van der Waals surface area (Å²) in [6.45, 7) is 2.63. The number of para-hydroxylation sites is 1. The molecule has 0 saturated carbocycles. The second-order valence-corrected chi connectivity index (χ2v) is 4.59. The van der Waals surface area contributed by atoms with Crippen LogP contribution in [-0.2, 0) is 4.79 Å². The average Bonchev–Trinajstić information content (AvgIpc) is 2.25. The van der Waals surface area contributed by atoms with Crippen molar-refractivity contribution in [3.8, 4) is 5.75 Å². The topological polar surface area (TPSA) is 46.5 Å². The summed E-state index contributed by atoms with van der Waals surface area (Å²) in [4.78, 5) is 10.3. The molecule has 0 bridgehead atoms. The van der Waals surface area contributed by atoms with Gasteiger partial charge in [-0.15, -0.1) is 0 Å². The summed E-state index contributed by atoms with van der Waals surface area (Å²) in [5.74, 6) is 1.63. The van der Waals surface area contributed by atoms with Gasteiger partial charge in [-0.25, -0.2) is 0 Å². The van der Waals surface area contributed by atoms with Crippen LogP contribution in [0.3, 0.4) is 0 Å². The summed E-state index contributed by atoms with van der Waals surface area (Å²) in [6.07, 6.45) is 0.217. The number of carboxylic acid groups (broad SMARTS) is 1. The zero-order valence-corrected chi connectivity index (χ0v) is 10.1. The Morgan fingerprint density at radius 3 is 2.81 bits per heavy atom. The van der Waals surface area contributed by atoms with Crippen LogP contribution < -0.4 is 4.74 Å². The largest absolute Gasteiger partial charge is 0.492 e. The first-order chi connectivity index (χ1) is 7.70. The molecular formula is C12H16O3S. The molecule has 1 rings (SSSR count). The minimum absolute atomic E-state index is 0.217. The summed E-state index contributed by atoms with van der Waals surface area (Å²) in [6, 6.07) is 7.87. The fraction of sp³-hybridized carbons (Fsp3) is 0.417. The highest BCUT2D eigenvalue weighted by Gasteiger charge is 1.99. The van der Waals surface area contributed by atoms with Gasteiger partial charge in [0.1, 0.15) is 5.75 Å². The SMILES string of the molecule is Cc1ccccc1OCCSCCC(=O)O. The van der Waals surface area contributed by atoms with E-state index in [-0.39, 0.29) is 6.42 Å². The van der Waals surface area contributed by atoms with Gasteiger partial charge in [-0.2, -0.15) is 11.8 Å². The monoisotopic (exact) mass is 240 g/mol. The van der Waals surface area contributed by atoms with Gasteiger partial charge in [0.25, 0.3) is 0 Å². The molecule has 16 heavy (non-hydrogen) atoms. The number of carbonyl (C=O) groups is 1. The van der Waals surface area contributed by atoms with E-state index >= 15 is 0 Å². The lowest BCUT2D eigenvalue weighted by atomic mass is 10.2. The van der Waals surface area contributed by atoms with E-state index in [1.54, 1.807) is 11.8 Å². The van der Waals surface area contributed by atoms with E-state index in [0.717, 1.165) is 17.1 Å². The molecule has 0 saturated heterocycles. The predicted octanol–water partition coefficient (Wildman–Crippen LogP) is 2.58. The van der Waals surface area contributed by atoms with Crippen molar-refractivity contribution in [3.05, 3.63) is 29.8 Å². The molecule has 1 aromatic carbocycles. The number of hydrogen-bond acceptors (Lipinski definition) is 3. The molecule has 0 aliphatic carbocycles. The Kier molecular flexibility index (Phi) is 5.78. The fourth-order valence-electron chi connectivity index (χ4n) is 1.19. The van der Waals surface area contributed by atoms with Crippen LogP contribution in [0, 0.1) is 6.92 Å². The standard InChI is InChI=1S/C12H16O3S/c1-10-4-2-3-5-11(10)15-7-9-16-8-6-12(13)14/h2-5H,6-9H2,1H3,(H,13,14). The Morgan fingerprint density at radius 2 is 2.12 bits per heavy atom. The Balaban J connectivity index is 2.12. The van der Waals surface area contributed by atoms with Gasteiger partial charge in [0.2, 0.25) is 0 Å². The molecule has 88 valence electrons. The minimum Gasteiger partial charge on any atom is -0.492 e. The first-order valence-corrected chi connectivity index (χ1v) is 6.33. The van der Waals surface area contributed by atoms with Crippen molar-refractivity contribution in [2.24, 2.45) is 0 Å². The molecule has 0 amide bonds. The highest BCUT2D eigenvalue weighted by Crippen LogP contribution is 2.16. The van der Waals surface area contributed by atoms with Gasteiger partial charge in [-0.1, -0.05) is 18.2 Å². The van der Waals surface area contributed by atoms with E-state index < -0.39 is 5.97 Å². The van der Waals surface area contributed by atoms with Crippen molar-refractivity contribution in [1.29, 1.82) is 0 Å². The molecule has 0 spiro atoms. The van der Waals surface area contributed by atoms with Crippen LogP contribution in [0.1, 0.15) is 12.0 Å². The molecule has 0 aromatic heterocycles. The molecule has 0 aliphatic rings. The average molecular weight is 240 g/mol. The number of thioether (sulfide) groups is 1. The normalized spacial score (nSPS) is 10.1. The van der Waals surface area contributed by atoms with Gasteiger partial charge in [-0.3, -0.25) is 4.79 Å². The van der Waals surface area contributed by atoms with Crippen LogP contribution in [0.5, 0.6) is 5.75 Å². The third-order valence-electron chi connectivity index (χ3n) is 2.04. The van der Waals surface area contributed by atoms with Crippen LogP contribution in [0.2, 0.25) is 0 Å². The molecule has 0 atom stereocenters. The van der Waals surface area contributed by atoms with Crippen molar-refractivity contribution in [2.75, 3.05) is 18.1 Å².